The summed E-state index contributed by atoms with van der Waals surface area (Å²) >= 11 is 0. The van der Waals surface area contributed by atoms with E-state index >= 15 is 0 Å². The van der Waals surface area contributed by atoms with E-state index in [2.05, 4.69) is 24.3 Å². The van der Waals surface area contributed by atoms with E-state index in [0.717, 1.165) is 25.9 Å². The van der Waals surface area contributed by atoms with Crippen molar-refractivity contribution in [2.24, 2.45) is 0 Å². The first-order chi connectivity index (χ1) is 12.1. The van der Waals surface area contributed by atoms with Gasteiger partial charge in [-0.3, -0.25) is 0 Å². The van der Waals surface area contributed by atoms with Crippen LogP contribution in [0.3, 0.4) is 0 Å². The zero-order chi connectivity index (χ0) is 18.3. The van der Waals surface area contributed by atoms with E-state index in [1.807, 2.05) is 45.9 Å². The van der Waals surface area contributed by atoms with E-state index in [1.54, 1.807) is 0 Å². The van der Waals surface area contributed by atoms with Crippen LogP contribution in [0.2, 0.25) is 0 Å². The summed E-state index contributed by atoms with van der Waals surface area (Å²) in [7, 11) is 0. The maximum absolute atomic E-state index is 5.78. The van der Waals surface area contributed by atoms with Crippen LogP contribution in [0, 0.1) is 0 Å². The van der Waals surface area contributed by atoms with Gasteiger partial charge in [0.1, 0.15) is 0 Å². The average molecular weight is 349 g/mol. The molecule has 1 aromatic rings. The summed E-state index contributed by atoms with van der Waals surface area (Å²) in [6.07, 6.45) is 10.1. The maximum Gasteiger partial charge on any atom is 0.161 e. The zero-order valence-electron chi connectivity index (χ0n) is 16.4. The fourth-order valence-electron chi connectivity index (χ4n) is 2.48. The summed E-state index contributed by atoms with van der Waals surface area (Å²) in [5.74, 6) is 0. The number of hydrogen-bond donors (Lipinski definition) is 0. The number of unbranched alkanes of at least 4 members (excludes halogenated alkanes) is 3. The van der Waals surface area contributed by atoms with Crippen molar-refractivity contribution in [3.63, 3.8) is 0 Å². The quantitative estimate of drug-likeness (QED) is 0.238. The topological polar surface area (TPSA) is 27.7 Å². The lowest BCUT2D eigenvalue weighted by atomic mass is 10.2. The molecule has 0 aliphatic carbocycles. The van der Waals surface area contributed by atoms with Gasteiger partial charge in [-0.05, 0) is 52.5 Å². The van der Waals surface area contributed by atoms with Crippen molar-refractivity contribution >= 4 is 0 Å². The van der Waals surface area contributed by atoms with Crippen molar-refractivity contribution in [3.05, 3.63) is 48.0 Å². The second-order valence-corrected chi connectivity index (χ2v) is 6.89. The number of ether oxygens (including phenoxy) is 3. The Morgan fingerprint density at radius 3 is 2.16 bits per heavy atom. The molecule has 1 aromatic carbocycles. The number of allylic oxidation sites excluding steroid dienone is 1. The summed E-state index contributed by atoms with van der Waals surface area (Å²) in [5, 5.41) is 0. The van der Waals surface area contributed by atoms with Crippen LogP contribution in [0.1, 0.15) is 65.4 Å². The van der Waals surface area contributed by atoms with Crippen LogP contribution < -0.4 is 0 Å². The molecule has 0 spiro atoms. The molecule has 0 saturated heterocycles. The monoisotopic (exact) mass is 348 g/mol. The molecule has 3 heteroatoms. The Bertz CT molecular complexity index is 430. The van der Waals surface area contributed by atoms with Crippen LogP contribution in [0.5, 0.6) is 0 Å². The highest BCUT2D eigenvalue weighted by Gasteiger charge is 2.11. The first-order valence-electron chi connectivity index (χ1n) is 9.65. The molecule has 1 rings (SSSR count). The molecule has 0 saturated carbocycles. The van der Waals surface area contributed by atoms with Gasteiger partial charge in [0.2, 0.25) is 0 Å². The van der Waals surface area contributed by atoms with Gasteiger partial charge in [-0.15, -0.1) is 0 Å². The molecular formula is C22H36O3. The van der Waals surface area contributed by atoms with Gasteiger partial charge in [0.25, 0.3) is 0 Å². The highest BCUT2D eigenvalue weighted by molar-refractivity contribution is 5.13. The van der Waals surface area contributed by atoms with Crippen molar-refractivity contribution in [1.82, 2.24) is 0 Å². The van der Waals surface area contributed by atoms with Crippen LogP contribution in [0.25, 0.3) is 0 Å². The van der Waals surface area contributed by atoms with Crippen LogP contribution in [0.15, 0.2) is 42.5 Å². The second-order valence-electron chi connectivity index (χ2n) is 6.89. The predicted molar refractivity (Wildman–Crippen MR) is 105 cm³/mol. The number of benzene rings is 1. The minimum atomic E-state index is -0.136. The van der Waals surface area contributed by atoms with Crippen molar-refractivity contribution < 1.29 is 14.2 Å². The fourth-order valence-corrected chi connectivity index (χ4v) is 2.48. The van der Waals surface area contributed by atoms with Gasteiger partial charge in [0, 0.05) is 13.0 Å². The fraction of sp³-hybridized carbons (Fsp3) is 0.636. The molecule has 0 unspecified atom stereocenters. The summed E-state index contributed by atoms with van der Waals surface area (Å²) in [5.41, 5.74) is 1.24. The van der Waals surface area contributed by atoms with Gasteiger partial charge in [-0.1, -0.05) is 48.9 Å². The minimum Gasteiger partial charge on any atom is -0.377 e. The van der Waals surface area contributed by atoms with Gasteiger partial charge in [-0.25, -0.2) is 0 Å². The van der Waals surface area contributed by atoms with E-state index in [1.165, 1.54) is 18.4 Å². The maximum atomic E-state index is 5.78. The third-order valence-corrected chi connectivity index (χ3v) is 3.61. The lowest BCUT2D eigenvalue weighted by Gasteiger charge is -2.21. The molecule has 0 aliphatic heterocycles. The molecule has 0 fully saturated rings. The van der Waals surface area contributed by atoms with Gasteiger partial charge in [0.15, 0.2) is 6.29 Å². The Morgan fingerprint density at radius 1 is 0.840 bits per heavy atom. The number of rotatable bonds is 14. The Hall–Kier alpha value is -1.16. The molecule has 3 nitrogen and oxygen atoms in total. The smallest absolute Gasteiger partial charge is 0.161 e. The first kappa shape index (κ1) is 21.9. The lowest BCUT2D eigenvalue weighted by Crippen LogP contribution is -2.23. The van der Waals surface area contributed by atoms with E-state index in [0.29, 0.717) is 6.61 Å². The van der Waals surface area contributed by atoms with Gasteiger partial charge < -0.3 is 14.2 Å². The molecular weight excluding hydrogens is 312 g/mol. The summed E-state index contributed by atoms with van der Waals surface area (Å²) < 4.78 is 17.3. The molecule has 0 bridgehead atoms. The zero-order valence-corrected chi connectivity index (χ0v) is 16.4. The van der Waals surface area contributed by atoms with Crippen LogP contribution in [0.4, 0.5) is 0 Å². The summed E-state index contributed by atoms with van der Waals surface area (Å²) in [6.45, 7) is 9.72. The first-order valence-corrected chi connectivity index (χ1v) is 9.65. The van der Waals surface area contributed by atoms with Crippen molar-refractivity contribution in [1.29, 1.82) is 0 Å². The van der Waals surface area contributed by atoms with Crippen LogP contribution in [-0.2, 0) is 20.8 Å². The standard InChI is InChI=1S/C22H36O3/c1-19(2)24-22(25-20(3)4)16-12-7-5-6-8-13-17-23-18-21-14-10-9-11-15-21/h7,9-12,14-15,19-20,22H,5-6,8,13,16-18H2,1-4H3/b12-7-. The molecule has 0 atom stereocenters. The molecule has 0 aromatic heterocycles. The number of hydrogen-bond acceptors (Lipinski definition) is 3. The Kier molecular flexibility index (Phi) is 12.3. The lowest BCUT2D eigenvalue weighted by molar-refractivity contribution is -0.178. The van der Waals surface area contributed by atoms with Crippen molar-refractivity contribution in [3.8, 4) is 0 Å². The minimum absolute atomic E-state index is 0.136. The summed E-state index contributed by atoms with van der Waals surface area (Å²) in [4.78, 5) is 0. The highest BCUT2D eigenvalue weighted by atomic mass is 16.7. The molecule has 0 radical (unpaired) electrons. The molecule has 0 aliphatic rings. The molecule has 142 valence electrons. The normalized spacial score (nSPS) is 12.1. The van der Waals surface area contributed by atoms with Gasteiger partial charge in [-0.2, -0.15) is 0 Å². The molecule has 0 amide bonds. The van der Waals surface area contributed by atoms with Gasteiger partial charge >= 0.3 is 0 Å². The van der Waals surface area contributed by atoms with Crippen LogP contribution in [-0.4, -0.2) is 25.1 Å². The van der Waals surface area contributed by atoms with E-state index in [4.69, 9.17) is 14.2 Å². The second kappa shape index (κ2) is 14.1. The molecule has 0 N–H and O–H groups in total. The van der Waals surface area contributed by atoms with E-state index in [-0.39, 0.29) is 18.5 Å². The van der Waals surface area contributed by atoms with Crippen molar-refractivity contribution in [2.75, 3.05) is 6.61 Å². The Morgan fingerprint density at radius 2 is 1.52 bits per heavy atom. The molecule has 0 heterocycles. The van der Waals surface area contributed by atoms with E-state index < -0.39 is 0 Å². The Balaban J connectivity index is 2.01. The molecule has 25 heavy (non-hydrogen) atoms. The third-order valence-electron chi connectivity index (χ3n) is 3.61. The average Bonchev–Trinajstić information content (AvgIpc) is 2.56. The Labute approximate surface area is 154 Å². The van der Waals surface area contributed by atoms with Crippen LogP contribution >= 0.6 is 0 Å². The third kappa shape index (κ3) is 12.8. The highest BCUT2D eigenvalue weighted by Crippen LogP contribution is 2.10. The van der Waals surface area contributed by atoms with Gasteiger partial charge in [0.05, 0.1) is 18.8 Å². The summed E-state index contributed by atoms with van der Waals surface area (Å²) in [6, 6.07) is 10.3. The van der Waals surface area contributed by atoms with E-state index in [9.17, 15) is 0 Å². The predicted octanol–water partition coefficient (Wildman–Crippen LogP) is 5.89. The SMILES string of the molecule is CC(C)OC(C/C=C\CCCCCOCc1ccccc1)OC(C)C. The largest absolute Gasteiger partial charge is 0.377 e. The van der Waals surface area contributed by atoms with Crippen molar-refractivity contribution in [2.45, 2.75) is 84.9 Å².